The van der Waals surface area contributed by atoms with Crippen LogP contribution in [0.2, 0.25) is 0 Å². The van der Waals surface area contributed by atoms with Crippen LogP contribution in [0.25, 0.3) is 0 Å². The highest BCUT2D eigenvalue weighted by Crippen LogP contribution is 2.75. The summed E-state index contributed by atoms with van der Waals surface area (Å²) in [5, 5.41) is 32.8. The quantitative estimate of drug-likeness (QED) is 0.259. The minimum atomic E-state index is -1.72. The molecule has 8 heteroatoms. The number of hydrogen-bond donors (Lipinski definition) is 3. The molecule has 8 nitrogen and oxygen atoms in total. The first-order valence-corrected chi connectivity index (χ1v) is 18.3. The lowest BCUT2D eigenvalue weighted by Gasteiger charge is -2.70. The first kappa shape index (κ1) is 35.2. The van der Waals surface area contributed by atoms with Gasteiger partial charge < -0.3 is 24.8 Å². The number of esters is 1. The van der Waals surface area contributed by atoms with Crippen LogP contribution in [0.4, 0.5) is 0 Å². The summed E-state index contributed by atoms with van der Waals surface area (Å²) < 4.78 is 11.3. The molecule has 12 atom stereocenters. The van der Waals surface area contributed by atoms with Crippen LogP contribution in [0.5, 0.6) is 0 Å². The van der Waals surface area contributed by atoms with Gasteiger partial charge in [0, 0.05) is 17.3 Å². The number of carbonyl (C=O) groups is 3. The smallest absolute Gasteiger partial charge is 0.338 e. The number of aliphatic hydroxyl groups excluding tert-OH is 3. The number of Topliss-reactive ketones (excluding diaryl/α,β-unsaturated/α-hetero) is 2. The minimum absolute atomic E-state index is 0.00243. The monoisotopic (exact) mass is 656 g/mol. The summed E-state index contributed by atoms with van der Waals surface area (Å²) in [6, 6.07) is 0. The molecular weight excluding hydrogens is 596 g/mol. The Morgan fingerprint density at radius 3 is 2.15 bits per heavy atom. The van der Waals surface area contributed by atoms with E-state index in [4.69, 9.17) is 9.47 Å². The van der Waals surface area contributed by atoms with E-state index in [1.807, 2.05) is 0 Å². The van der Waals surface area contributed by atoms with E-state index in [0.717, 1.165) is 44.9 Å². The maximum absolute atomic E-state index is 15.0. The number of aliphatic hydroxyl groups is 3. The maximum Gasteiger partial charge on any atom is 0.338 e. The predicted octanol–water partition coefficient (Wildman–Crippen LogP) is 5.73. The van der Waals surface area contributed by atoms with E-state index >= 15 is 0 Å². The van der Waals surface area contributed by atoms with Gasteiger partial charge in [-0.1, -0.05) is 60.1 Å². The first-order chi connectivity index (χ1) is 21.7. The number of rotatable bonds is 4. The predicted molar refractivity (Wildman–Crippen MR) is 177 cm³/mol. The van der Waals surface area contributed by atoms with Crippen LogP contribution in [-0.4, -0.2) is 69.5 Å². The second-order valence-corrected chi connectivity index (χ2v) is 18.8. The molecule has 47 heavy (non-hydrogen) atoms. The maximum atomic E-state index is 15.0. The van der Waals surface area contributed by atoms with Crippen molar-refractivity contribution in [1.29, 1.82) is 0 Å². The topological polar surface area (TPSA) is 130 Å². The SMILES string of the molecule is CC(C)OC(=O)C1O[C@@H](C(=O)[C@]23CCC(C)(C)CC2C2=CCC4[C@@]5(C)CCC(=O)C(C)(C)C5CC[C@@]4(C)[C@]2(C)CC3)C(O)[C@@H](O)[C@@H]1O. The van der Waals surface area contributed by atoms with Crippen LogP contribution >= 0.6 is 0 Å². The molecule has 5 aliphatic carbocycles. The van der Waals surface area contributed by atoms with Gasteiger partial charge in [-0.25, -0.2) is 4.79 Å². The van der Waals surface area contributed by atoms with Crippen molar-refractivity contribution in [3.05, 3.63) is 11.6 Å². The molecule has 0 radical (unpaired) electrons. The zero-order chi connectivity index (χ0) is 34.7. The van der Waals surface area contributed by atoms with E-state index in [0.29, 0.717) is 36.9 Å². The van der Waals surface area contributed by atoms with Gasteiger partial charge in [0.05, 0.1) is 6.10 Å². The van der Waals surface area contributed by atoms with Gasteiger partial charge in [-0.05, 0) is 111 Å². The average molecular weight is 657 g/mol. The molecule has 4 saturated carbocycles. The number of ether oxygens (including phenoxy) is 2. The van der Waals surface area contributed by atoms with Gasteiger partial charge >= 0.3 is 5.97 Å². The zero-order valence-corrected chi connectivity index (χ0v) is 30.2. The van der Waals surface area contributed by atoms with Crippen molar-refractivity contribution >= 4 is 17.5 Å². The van der Waals surface area contributed by atoms with Gasteiger partial charge in [0.2, 0.25) is 0 Å². The Balaban J connectivity index is 1.39. The summed E-state index contributed by atoms with van der Waals surface area (Å²) >= 11 is 0. The third-order valence-electron chi connectivity index (χ3n) is 15.3. The summed E-state index contributed by atoms with van der Waals surface area (Å²) in [4.78, 5) is 41.0. The molecule has 1 saturated heterocycles. The second kappa shape index (κ2) is 11.2. The van der Waals surface area contributed by atoms with Crippen molar-refractivity contribution in [2.24, 2.45) is 50.2 Å². The Hall–Kier alpha value is -1.61. The molecule has 0 bridgehead atoms. The number of carbonyl (C=O) groups excluding carboxylic acids is 3. The van der Waals surface area contributed by atoms with Crippen LogP contribution in [0.15, 0.2) is 11.6 Å². The number of ketones is 2. The molecule has 0 amide bonds. The van der Waals surface area contributed by atoms with Crippen LogP contribution in [-0.2, 0) is 23.9 Å². The Morgan fingerprint density at radius 2 is 1.49 bits per heavy atom. The van der Waals surface area contributed by atoms with E-state index in [1.165, 1.54) is 5.57 Å². The second-order valence-electron chi connectivity index (χ2n) is 18.8. The van der Waals surface area contributed by atoms with Gasteiger partial charge in [0.1, 0.15) is 30.2 Å². The fraction of sp³-hybridized carbons (Fsp3) is 0.872. The normalized spacial score (nSPS) is 48.7. The molecule has 1 heterocycles. The standard InChI is InChI=1S/C39H60O8/c1-21(2)46-33(45)31-29(43)27(41)28(42)30(47-31)32(44)39-18-16-34(3,4)20-23(39)22-10-11-25-36(7)14-13-26(40)35(5,6)24(36)12-15-38(25,9)37(22,8)17-19-39/h10,21,23-25,27-31,41-43H,11-20H2,1-9H3/t23?,24?,25?,27-,28?,29+,30-,31?,36+,37-,38-,39+/m1/s1. The van der Waals surface area contributed by atoms with Gasteiger partial charge in [-0.2, -0.15) is 0 Å². The Morgan fingerprint density at radius 1 is 0.851 bits per heavy atom. The Bertz CT molecular complexity index is 1350. The highest BCUT2D eigenvalue weighted by Gasteiger charge is 2.70. The largest absolute Gasteiger partial charge is 0.461 e. The highest BCUT2D eigenvalue weighted by molar-refractivity contribution is 5.91. The van der Waals surface area contributed by atoms with Crippen molar-refractivity contribution in [2.75, 3.05) is 0 Å². The van der Waals surface area contributed by atoms with E-state index in [-0.39, 0.29) is 38.8 Å². The molecule has 5 unspecified atom stereocenters. The molecule has 3 N–H and O–H groups in total. The summed E-state index contributed by atoms with van der Waals surface area (Å²) in [5.74, 6) is 0.00671. The van der Waals surface area contributed by atoms with Crippen LogP contribution in [0.1, 0.15) is 127 Å². The number of allylic oxidation sites excluding steroid dienone is 2. The van der Waals surface area contributed by atoms with Crippen LogP contribution in [0.3, 0.4) is 0 Å². The van der Waals surface area contributed by atoms with Crippen molar-refractivity contribution in [3.8, 4) is 0 Å². The summed E-state index contributed by atoms with van der Waals surface area (Å²) in [5.41, 5.74) is 0.157. The molecule has 0 aromatic rings. The Kier molecular flexibility index (Phi) is 8.39. The highest BCUT2D eigenvalue weighted by atomic mass is 16.6. The summed E-state index contributed by atoms with van der Waals surface area (Å²) in [6.07, 6.45) is 2.25. The van der Waals surface area contributed by atoms with Crippen molar-refractivity contribution < 1.29 is 39.2 Å². The minimum Gasteiger partial charge on any atom is -0.461 e. The van der Waals surface area contributed by atoms with Gasteiger partial charge in [0.25, 0.3) is 0 Å². The number of fused-ring (bicyclic) bond motifs is 7. The lowest BCUT2D eigenvalue weighted by molar-refractivity contribution is -0.234. The molecular formula is C39H60O8. The van der Waals surface area contributed by atoms with Crippen LogP contribution < -0.4 is 0 Å². The van der Waals surface area contributed by atoms with Crippen molar-refractivity contribution in [3.63, 3.8) is 0 Å². The van der Waals surface area contributed by atoms with Crippen molar-refractivity contribution in [1.82, 2.24) is 0 Å². The average Bonchev–Trinajstić information content (AvgIpc) is 2.97. The fourth-order valence-electron chi connectivity index (χ4n) is 12.4. The third kappa shape index (κ3) is 4.92. The Labute approximate surface area is 281 Å². The van der Waals surface area contributed by atoms with Crippen LogP contribution in [0, 0.1) is 50.2 Å². The molecule has 264 valence electrons. The van der Waals surface area contributed by atoms with Gasteiger partial charge in [0.15, 0.2) is 11.9 Å². The first-order valence-electron chi connectivity index (χ1n) is 18.3. The van der Waals surface area contributed by atoms with Gasteiger partial charge in [-0.3, -0.25) is 9.59 Å². The molecule has 0 spiro atoms. The summed E-state index contributed by atoms with van der Waals surface area (Å²) in [6.45, 7) is 19.6. The molecule has 0 aromatic heterocycles. The fourth-order valence-corrected chi connectivity index (χ4v) is 12.4. The lowest BCUT2D eigenvalue weighted by Crippen LogP contribution is -2.67. The van der Waals surface area contributed by atoms with E-state index in [9.17, 15) is 29.7 Å². The van der Waals surface area contributed by atoms with E-state index < -0.39 is 48.0 Å². The molecule has 1 aliphatic heterocycles. The van der Waals surface area contributed by atoms with Crippen molar-refractivity contribution in [2.45, 2.75) is 163 Å². The molecule has 0 aromatic carbocycles. The molecule has 6 rings (SSSR count). The summed E-state index contributed by atoms with van der Waals surface area (Å²) in [7, 11) is 0. The number of hydrogen-bond acceptors (Lipinski definition) is 8. The zero-order valence-electron chi connectivity index (χ0n) is 30.2. The van der Waals surface area contributed by atoms with E-state index in [2.05, 4.69) is 54.5 Å². The lowest BCUT2D eigenvalue weighted by atomic mass is 9.33. The van der Waals surface area contributed by atoms with E-state index in [1.54, 1.807) is 13.8 Å². The molecule has 5 fully saturated rings. The molecule has 6 aliphatic rings. The third-order valence-corrected chi connectivity index (χ3v) is 15.3. The van der Waals surface area contributed by atoms with Gasteiger partial charge in [-0.15, -0.1) is 0 Å².